The average Bonchev–Trinajstić information content (AvgIpc) is 2.35. The van der Waals surface area contributed by atoms with Gasteiger partial charge in [-0.3, -0.25) is 5.32 Å². The van der Waals surface area contributed by atoms with E-state index < -0.39 is 5.54 Å². The van der Waals surface area contributed by atoms with Crippen molar-refractivity contribution in [3.05, 3.63) is 29.8 Å². The summed E-state index contributed by atoms with van der Waals surface area (Å²) in [6.45, 7) is 8.68. The zero-order valence-corrected chi connectivity index (χ0v) is 11.9. The number of benzene rings is 1. The van der Waals surface area contributed by atoms with E-state index in [-0.39, 0.29) is 5.41 Å². The summed E-state index contributed by atoms with van der Waals surface area (Å²) in [5, 5.41) is 12.0. The van der Waals surface area contributed by atoms with E-state index >= 15 is 0 Å². The quantitative estimate of drug-likeness (QED) is 0.888. The van der Waals surface area contributed by atoms with Crippen LogP contribution < -0.4 is 10.1 Å². The van der Waals surface area contributed by atoms with Crippen LogP contribution in [0.5, 0.6) is 5.75 Å². The fourth-order valence-corrected chi connectivity index (χ4v) is 1.44. The Morgan fingerprint density at radius 3 is 2.11 bits per heavy atom. The van der Waals surface area contributed by atoms with E-state index in [1.165, 1.54) is 5.56 Å². The smallest absolute Gasteiger partial charge is 0.137 e. The molecule has 0 heterocycles. The van der Waals surface area contributed by atoms with Crippen LogP contribution in [0.4, 0.5) is 0 Å². The van der Waals surface area contributed by atoms with Gasteiger partial charge in [0.2, 0.25) is 0 Å². The average molecular weight is 246 g/mol. The van der Waals surface area contributed by atoms with E-state index in [0.29, 0.717) is 6.61 Å². The van der Waals surface area contributed by atoms with Gasteiger partial charge in [0, 0.05) is 0 Å². The first-order valence-corrected chi connectivity index (χ1v) is 6.14. The molecule has 1 atom stereocenters. The Morgan fingerprint density at radius 1 is 1.17 bits per heavy atom. The minimum Gasteiger partial charge on any atom is -0.491 e. The molecule has 1 aromatic rings. The van der Waals surface area contributed by atoms with Crippen molar-refractivity contribution in [2.45, 2.75) is 38.6 Å². The van der Waals surface area contributed by atoms with E-state index in [2.05, 4.69) is 44.3 Å². The molecule has 0 aliphatic heterocycles. The highest BCUT2D eigenvalue weighted by Gasteiger charge is 2.22. The van der Waals surface area contributed by atoms with E-state index in [9.17, 15) is 0 Å². The van der Waals surface area contributed by atoms with Crippen LogP contribution in [0.1, 0.15) is 33.3 Å². The van der Waals surface area contributed by atoms with Gasteiger partial charge < -0.3 is 4.74 Å². The number of rotatable bonds is 4. The molecule has 0 aliphatic rings. The molecule has 3 nitrogen and oxygen atoms in total. The molecule has 0 saturated carbocycles. The lowest BCUT2D eigenvalue weighted by Crippen LogP contribution is -2.43. The Kier molecular flexibility index (Phi) is 4.37. The molecule has 98 valence electrons. The maximum absolute atomic E-state index is 9.02. The van der Waals surface area contributed by atoms with Crippen molar-refractivity contribution in [3.8, 4) is 11.8 Å². The summed E-state index contributed by atoms with van der Waals surface area (Å²) in [4.78, 5) is 0. The molecule has 3 heteroatoms. The lowest BCUT2D eigenvalue weighted by Gasteiger charge is -2.22. The molecule has 0 aromatic heterocycles. The molecular formula is C15H22N2O. The first-order valence-electron chi connectivity index (χ1n) is 6.14. The summed E-state index contributed by atoms with van der Waals surface area (Å²) >= 11 is 0. The number of nitrogens with zero attached hydrogens (tertiary/aromatic N) is 1. The predicted molar refractivity (Wildman–Crippen MR) is 73.7 cm³/mol. The van der Waals surface area contributed by atoms with Crippen LogP contribution >= 0.6 is 0 Å². The molecule has 1 aromatic carbocycles. The number of likely N-dealkylation sites (N-methyl/N-ethyl adjacent to an activating group) is 1. The van der Waals surface area contributed by atoms with Crippen molar-refractivity contribution >= 4 is 0 Å². The van der Waals surface area contributed by atoms with Crippen molar-refractivity contribution in [3.63, 3.8) is 0 Å². The number of nitrogens with one attached hydrogen (secondary N) is 1. The lowest BCUT2D eigenvalue weighted by molar-refractivity contribution is 0.242. The first-order chi connectivity index (χ1) is 8.30. The van der Waals surface area contributed by atoms with Crippen molar-refractivity contribution in [1.82, 2.24) is 5.32 Å². The van der Waals surface area contributed by atoms with Gasteiger partial charge in [-0.15, -0.1) is 0 Å². The summed E-state index contributed by atoms with van der Waals surface area (Å²) in [7, 11) is 1.76. The summed E-state index contributed by atoms with van der Waals surface area (Å²) < 4.78 is 5.64. The second-order valence-electron chi connectivity index (χ2n) is 5.76. The largest absolute Gasteiger partial charge is 0.491 e. The summed E-state index contributed by atoms with van der Waals surface area (Å²) in [5.74, 6) is 0.791. The fourth-order valence-electron chi connectivity index (χ4n) is 1.44. The summed E-state index contributed by atoms with van der Waals surface area (Å²) in [5.41, 5.74) is 0.763. The van der Waals surface area contributed by atoms with Crippen LogP contribution in [0.3, 0.4) is 0 Å². The van der Waals surface area contributed by atoms with E-state index in [0.717, 1.165) is 5.75 Å². The van der Waals surface area contributed by atoms with Crippen molar-refractivity contribution < 1.29 is 4.74 Å². The maximum Gasteiger partial charge on any atom is 0.137 e. The molecule has 0 saturated heterocycles. The fraction of sp³-hybridized carbons (Fsp3) is 0.533. The SMILES string of the molecule is CNC(C)(C#N)COc1ccc(C(C)(C)C)cc1. The van der Waals surface area contributed by atoms with Gasteiger partial charge in [0.25, 0.3) is 0 Å². The van der Waals surface area contributed by atoms with Crippen molar-refractivity contribution in [1.29, 1.82) is 5.26 Å². The zero-order chi connectivity index (χ0) is 13.8. The molecular weight excluding hydrogens is 224 g/mol. The predicted octanol–water partition coefficient (Wildman–Crippen LogP) is 2.86. The molecule has 0 fully saturated rings. The zero-order valence-electron chi connectivity index (χ0n) is 11.9. The van der Waals surface area contributed by atoms with E-state index in [4.69, 9.17) is 10.00 Å². The second-order valence-corrected chi connectivity index (χ2v) is 5.76. The Hall–Kier alpha value is -1.53. The third-order valence-corrected chi connectivity index (χ3v) is 3.05. The lowest BCUT2D eigenvalue weighted by atomic mass is 9.87. The van der Waals surface area contributed by atoms with Gasteiger partial charge in [-0.2, -0.15) is 5.26 Å². The molecule has 1 N–H and O–H groups in total. The Bertz CT molecular complexity index is 425. The van der Waals surface area contributed by atoms with Crippen LogP contribution in [0.25, 0.3) is 0 Å². The molecule has 0 radical (unpaired) electrons. The second kappa shape index (κ2) is 5.41. The van der Waals surface area contributed by atoms with Crippen LogP contribution in [0.15, 0.2) is 24.3 Å². The molecule has 1 rings (SSSR count). The van der Waals surface area contributed by atoms with E-state index in [1.54, 1.807) is 7.05 Å². The summed E-state index contributed by atoms with van der Waals surface area (Å²) in [6.07, 6.45) is 0. The van der Waals surface area contributed by atoms with Gasteiger partial charge in [0.05, 0.1) is 6.07 Å². The van der Waals surface area contributed by atoms with Crippen LogP contribution in [0.2, 0.25) is 0 Å². The third kappa shape index (κ3) is 3.75. The standard InChI is InChI=1S/C15H22N2O/c1-14(2,3)12-6-8-13(9-7-12)18-11-15(4,10-16)17-5/h6-9,17H,11H2,1-5H3. The number of nitriles is 1. The molecule has 0 spiro atoms. The van der Waals surface area contributed by atoms with Gasteiger partial charge in [0.1, 0.15) is 17.9 Å². The molecule has 18 heavy (non-hydrogen) atoms. The minimum absolute atomic E-state index is 0.144. The minimum atomic E-state index is -0.650. The topological polar surface area (TPSA) is 45.0 Å². The maximum atomic E-state index is 9.02. The Labute approximate surface area is 110 Å². The van der Waals surface area contributed by atoms with Gasteiger partial charge in [-0.25, -0.2) is 0 Å². The molecule has 0 bridgehead atoms. The highest BCUT2D eigenvalue weighted by molar-refractivity contribution is 5.31. The van der Waals surface area contributed by atoms with Gasteiger partial charge in [0.15, 0.2) is 0 Å². The van der Waals surface area contributed by atoms with Gasteiger partial charge >= 0.3 is 0 Å². The molecule has 1 unspecified atom stereocenters. The van der Waals surface area contributed by atoms with Crippen LogP contribution in [0, 0.1) is 11.3 Å². The van der Waals surface area contributed by atoms with Crippen LogP contribution in [-0.2, 0) is 5.41 Å². The van der Waals surface area contributed by atoms with Crippen molar-refractivity contribution in [2.24, 2.45) is 0 Å². The molecule has 0 aliphatic carbocycles. The Balaban J connectivity index is 2.69. The van der Waals surface area contributed by atoms with Crippen LogP contribution in [-0.4, -0.2) is 19.2 Å². The number of ether oxygens (including phenoxy) is 1. The van der Waals surface area contributed by atoms with E-state index in [1.807, 2.05) is 19.1 Å². The number of hydrogen-bond acceptors (Lipinski definition) is 3. The summed E-state index contributed by atoms with van der Waals surface area (Å²) in [6, 6.07) is 10.2. The monoisotopic (exact) mass is 246 g/mol. The van der Waals surface area contributed by atoms with Crippen molar-refractivity contribution in [2.75, 3.05) is 13.7 Å². The van der Waals surface area contributed by atoms with Gasteiger partial charge in [-0.1, -0.05) is 32.9 Å². The molecule has 0 amide bonds. The van der Waals surface area contributed by atoms with Gasteiger partial charge in [-0.05, 0) is 37.1 Å². The highest BCUT2D eigenvalue weighted by Crippen LogP contribution is 2.24. The Morgan fingerprint density at radius 2 is 1.72 bits per heavy atom. The highest BCUT2D eigenvalue weighted by atomic mass is 16.5. The normalized spacial score (nSPS) is 14.7. The first kappa shape index (κ1) is 14.5. The third-order valence-electron chi connectivity index (χ3n) is 3.05. The number of hydrogen-bond donors (Lipinski definition) is 1.